The molecular formula is C16H22O3. The SMILES string of the molecule is CCCC=CCCC(OC)(C(=O)O)c1ccccc1. The number of hydrogen-bond acceptors (Lipinski definition) is 2. The maximum atomic E-state index is 11.6. The van der Waals surface area contributed by atoms with Gasteiger partial charge in [-0.25, -0.2) is 4.79 Å². The van der Waals surface area contributed by atoms with Crippen LogP contribution in [0.1, 0.15) is 38.2 Å². The highest BCUT2D eigenvalue weighted by atomic mass is 16.5. The largest absolute Gasteiger partial charge is 0.479 e. The summed E-state index contributed by atoms with van der Waals surface area (Å²) in [6.45, 7) is 2.12. The van der Waals surface area contributed by atoms with Gasteiger partial charge in [-0.1, -0.05) is 55.8 Å². The van der Waals surface area contributed by atoms with Gasteiger partial charge in [0, 0.05) is 7.11 Å². The zero-order valence-corrected chi connectivity index (χ0v) is 11.6. The summed E-state index contributed by atoms with van der Waals surface area (Å²) in [6.07, 6.45) is 7.37. The smallest absolute Gasteiger partial charge is 0.340 e. The van der Waals surface area contributed by atoms with E-state index in [4.69, 9.17) is 4.74 Å². The summed E-state index contributed by atoms with van der Waals surface area (Å²) in [5, 5.41) is 9.53. The molecule has 3 nitrogen and oxygen atoms in total. The number of benzene rings is 1. The van der Waals surface area contributed by atoms with Crippen molar-refractivity contribution in [1.29, 1.82) is 0 Å². The van der Waals surface area contributed by atoms with Crippen LogP contribution in [0.2, 0.25) is 0 Å². The Balaban J connectivity index is 2.85. The Labute approximate surface area is 114 Å². The van der Waals surface area contributed by atoms with Crippen molar-refractivity contribution >= 4 is 5.97 Å². The Hall–Kier alpha value is -1.61. The lowest BCUT2D eigenvalue weighted by Crippen LogP contribution is -2.37. The van der Waals surface area contributed by atoms with Gasteiger partial charge in [-0.05, 0) is 24.8 Å². The van der Waals surface area contributed by atoms with Crippen molar-refractivity contribution in [2.75, 3.05) is 7.11 Å². The number of rotatable bonds is 8. The van der Waals surface area contributed by atoms with Gasteiger partial charge in [-0.3, -0.25) is 0 Å². The van der Waals surface area contributed by atoms with Gasteiger partial charge in [-0.15, -0.1) is 0 Å². The number of aliphatic carboxylic acids is 1. The highest BCUT2D eigenvalue weighted by Crippen LogP contribution is 2.31. The van der Waals surface area contributed by atoms with E-state index in [1.165, 1.54) is 7.11 Å². The number of unbranched alkanes of at least 4 members (excludes halogenated alkanes) is 1. The van der Waals surface area contributed by atoms with Crippen LogP contribution in [0.25, 0.3) is 0 Å². The fourth-order valence-corrected chi connectivity index (χ4v) is 2.08. The number of allylic oxidation sites excluding steroid dienone is 2. The van der Waals surface area contributed by atoms with E-state index in [9.17, 15) is 9.90 Å². The fourth-order valence-electron chi connectivity index (χ4n) is 2.08. The molecule has 0 heterocycles. The molecule has 0 saturated carbocycles. The monoisotopic (exact) mass is 262 g/mol. The third-order valence-electron chi connectivity index (χ3n) is 3.22. The number of carboxylic acids is 1. The highest BCUT2D eigenvalue weighted by molar-refractivity contribution is 5.79. The van der Waals surface area contributed by atoms with E-state index in [-0.39, 0.29) is 0 Å². The Bertz CT molecular complexity index is 411. The molecule has 0 saturated heterocycles. The Kier molecular flexibility index (Phi) is 6.30. The van der Waals surface area contributed by atoms with Crippen molar-refractivity contribution in [1.82, 2.24) is 0 Å². The van der Waals surface area contributed by atoms with Crippen molar-refractivity contribution in [2.24, 2.45) is 0 Å². The molecule has 1 unspecified atom stereocenters. The summed E-state index contributed by atoms with van der Waals surface area (Å²) < 4.78 is 5.36. The van der Waals surface area contributed by atoms with Crippen LogP contribution in [0.4, 0.5) is 0 Å². The molecule has 19 heavy (non-hydrogen) atoms. The van der Waals surface area contributed by atoms with E-state index in [2.05, 4.69) is 13.0 Å². The van der Waals surface area contributed by atoms with Gasteiger partial charge in [0.15, 0.2) is 5.60 Å². The minimum atomic E-state index is -1.25. The average Bonchev–Trinajstić information content (AvgIpc) is 2.44. The highest BCUT2D eigenvalue weighted by Gasteiger charge is 2.39. The molecule has 0 aliphatic heterocycles. The number of hydrogen-bond donors (Lipinski definition) is 1. The molecule has 0 aliphatic rings. The van der Waals surface area contributed by atoms with E-state index in [0.717, 1.165) is 12.8 Å². The second kappa shape index (κ2) is 7.74. The van der Waals surface area contributed by atoms with Gasteiger partial charge in [0.2, 0.25) is 0 Å². The topological polar surface area (TPSA) is 46.5 Å². The van der Waals surface area contributed by atoms with E-state index in [0.29, 0.717) is 18.4 Å². The normalized spacial score (nSPS) is 14.4. The first kappa shape index (κ1) is 15.4. The maximum Gasteiger partial charge on any atom is 0.340 e. The molecule has 104 valence electrons. The fraction of sp³-hybridized carbons (Fsp3) is 0.438. The van der Waals surface area contributed by atoms with Gasteiger partial charge in [0.25, 0.3) is 0 Å². The first-order valence-corrected chi connectivity index (χ1v) is 6.66. The van der Waals surface area contributed by atoms with Crippen molar-refractivity contribution in [3.8, 4) is 0 Å². The first-order valence-electron chi connectivity index (χ1n) is 6.66. The molecule has 1 aromatic carbocycles. The van der Waals surface area contributed by atoms with Crippen LogP contribution in [-0.4, -0.2) is 18.2 Å². The van der Waals surface area contributed by atoms with Crippen LogP contribution >= 0.6 is 0 Å². The first-order chi connectivity index (χ1) is 9.17. The number of methoxy groups -OCH3 is 1. The summed E-state index contributed by atoms with van der Waals surface area (Å²) in [5.74, 6) is -0.940. The predicted molar refractivity (Wildman–Crippen MR) is 76.0 cm³/mol. The summed E-state index contributed by atoms with van der Waals surface area (Å²) >= 11 is 0. The Morgan fingerprint density at radius 1 is 1.26 bits per heavy atom. The van der Waals surface area contributed by atoms with Crippen molar-refractivity contribution in [2.45, 2.75) is 38.2 Å². The van der Waals surface area contributed by atoms with Gasteiger partial charge in [0.1, 0.15) is 0 Å². The van der Waals surface area contributed by atoms with Crippen LogP contribution in [0.5, 0.6) is 0 Å². The summed E-state index contributed by atoms with van der Waals surface area (Å²) in [5.41, 5.74) is -0.563. The second-order valence-electron chi connectivity index (χ2n) is 4.50. The zero-order chi connectivity index (χ0) is 14.1. The van der Waals surface area contributed by atoms with Crippen LogP contribution < -0.4 is 0 Å². The summed E-state index contributed by atoms with van der Waals surface area (Å²) in [7, 11) is 1.46. The minimum Gasteiger partial charge on any atom is -0.479 e. The van der Waals surface area contributed by atoms with Gasteiger partial charge >= 0.3 is 5.97 Å². The third-order valence-corrected chi connectivity index (χ3v) is 3.22. The quantitative estimate of drug-likeness (QED) is 0.726. The lowest BCUT2D eigenvalue weighted by molar-refractivity contribution is -0.164. The second-order valence-corrected chi connectivity index (χ2v) is 4.50. The summed E-state index contributed by atoms with van der Waals surface area (Å²) in [6, 6.07) is 9.13. The van der Waals surface area contributed by atoms with Crippen LogP contribution in [0.3, 0.4) is 0 Å². The molecule has 0 radical (unpaired) electrons. The van der Waals surface area contributed by atoms with Gasteiger partial charge < -0.3 is 9.84 Å². The van der Waals surface area contributed by atoms with E-state index >= 15 is 0 Å². The standard InChI is InChI=1S/C16H22O3/c1-3-4-5-6-10-13-16(19-2,15(17)18)14-11-8-7-9-12-14/h5-9,11-12H,3-4,10,13H2,1-2H3,(H,17,18). The summed E-state index contributed by atoms with van der Waals surface area (Å²) in [4.78, 5) is 11.6. The molecule has 1 N–H and O–H groups in total. The molecule has 0 aromatic heterocycles. The van der Waals surface area contributed by atoms with E-state index in [1.807, 2.05) is 24.3 Å². The molecule has 0 spiro atoms. The molecule has 3 heteroatoms. The van der Waals surface area contributed by atoms with Crippen LogP contribution in [0.15, 0.2) is 42.5 Å². The van der Waals surface area contributed by atoms with Crippen molar-refractivity contribution < 1.29 is 14.6 Å². The third kappa shape index (κ3) is 3.93. The zero-order valence-electron chi connectivity index (χ0n) is 11.6. The van der Waals surface area contributed by atoms with E-state index in [1.54, 1.807) is 12.1 Å². The molecule has 0 aliphatic carbocycles. The lowest BCUT2D eigenvalue weighted by atomic mass is 9.88. The maximum absolute atomic E-state index is 11.6. The predicted octanol–water partition coefficient (Wildman–Crippen LogP) is 3.75. The Morgan fingerprint density at radius 2 is 1.89 bits per heavy atom. The molecule has 0 amide bonds. The lowest BCUT2D eigenvalue weighted by Gasteiger charge is -2.28. The van der Waals surface area contributed by atoms with Crippen LogP contribution in [0, 0.1) is 0 Å². The number of carboxylic acid groups (broad SMARTS) is 1. The molecule has 0 bridgehead atoms. The van der Waals surface area contributed by atoms with E-state index < -0.39 is 11.6 Å². The van der Waals surface area contributed by atoms with Gasteiger partial charge in [-0.2, -0.15) is 0 Å². The Morgan fingerprint density at radius 3 is 2.42 bits per heavy atom. The molecule has 1 rings (SSSR count). The molecule has 1 atom stereocenters. The van der Waals surface area contributed by atoms with Crippen molar-refractivity contribution in [3.05, 3.63) is 48.0 Å². The number of carbonyl (C=O) groups is 1. The number of ether oxygens (including phenoxy) is 1. The molecule has 0 fully saturated rings. The molecule has 1 aromatic rings. The molecular weight excluding hydrogens is 240 g/mol. The van der Waals surface area contributed by atoms with Gasteiger partial charge in [0.05, 0.1) is 0 Å². The average molecular weight is 262 g/mol. The van der Waals surface area contributed by atoms with Crippen LogP contribution in [-0.2, 0) is 15.1 Å². The minimum absolute atomic E-state index is 0.434. The van der Waals surface area contributed by atoms with Crippen molar-refractivity contribution in [3.63, 3.8) is 0 Å².